The molecule has 0 radical (unpaired) electrons. The fourth-order valence-electron chi connectivity index (χ4n) is 3.04. The van der Waals surface area contributed by atoms with Crippen LogP contribution in [0.2, 0.25) is 0 Å². The molecule has 1 saturated carbocycles. The molecule has 24 heavy (non-hydrogen) atoms. The largest absolute Gasteiger partial charge is 0.376 e. The molecule has 1 aliphatic rings. The van der Waals surface area contributed by atoms with Crippen LogP contribution in [0.5, 0.6) is 0 Å². The van der Waals surface area contributed by atoms with Crippen LogP contribution < -0.4 is 5.32 Å². The minimum atomic E-state index is -0.151. The van der Waals surface area contributed by atoms with E-state index in [1.54, 1.807) is 16.3 Å². The number of rotatable bonds is 6. The number of carbonyl (C=O) groups excluding carboxylic acids is 1. The summed E-state index contributed by atoms with van der Waals surface area (Å²) in [4.78, 5) is 16.6. The molecular weight excluding hydrogens is 324 g/mol. The number of thiazole rings is 1. The van der Waals surface area contributed by atoms with Crippen LogP contribution in [0.4, 0.5) is 0 Å². The Kier molecular flexibility index (Phi) is 5.63. The summed E-state index contributed by atoms with van der Waals surface area (Å²) in [5.74, 6) is 0.469. The van der Waals surface area contributed by atoms with E-state index in [2.05, 4.69) is 22.3 Å². The third-order valence-corrected chi connectivity index (χ3v) is 5.33. The van der Waals surface area contributed by atoms with Crippen molar-refractivity contribution in [2.75, 3.05) is 13.2 Å². The Labute approximate surface area is 146 Å². The van der Waals surface area contributed by atoms with Crippen LogP contribution in [0.25, 0.3) is 10.6 Å². The highest BCUT2D eigenvalue weighted by molar-refractivity contribution is 7.13. The third-order valence-electron chi connectivity index (χ3n) is 4.44. The maximum absolute atomic E-state index is 12.2. The molecule has 1 fully saturated rings. The van der Waals surface area contributed by atoms with E-state index >= 15 is 0 Å². The molecule has 1 amide bonds. The molecule has 2 heterocycles. The smallest absolute Gasteiger partial charge is 0.270 e. The second kappa shape index (κ2) is 7.90. The maximum atomic E-state index is 12.2. The van der Waals surface area contributed by atoms with Crippen molar-refractivity contribution >= 4 is 17.2 Å². The van der Waals surface area contributed by atoms with Crippen LogP contribution in [0.1, 0.15) is 43.1 Å². The molecule has 0 aromatic carbocycles. The lowest BCUT2D eigenvalue weighted by atomic mass is 9.88. The van der Waals surface area contributed by atoms with Crippen molar-refractivity contribution in [2.24, 2.45) is 13.0 Å². The summed E-state index contributed by atoms with van der Waals surface area (Å²) in [5.41, 5.74) is 1.38. The highest BCUT2D eigenvalue weighted by atomic mass is 32.1. The molecule has 0 unspecified atom stereocenters. The van der Waals surface area contributed by atoms with Crippen molar-refractivity contribution in [1.82, 2.24) is 20.1 Å². The monoisotopic (exact) mass is 348 g/mol. The van der Waals surface area contributed by atoms with E-state index in [4.69, 9.17) is 4.74 Å². The number of hydrogen-bond acceptors (Lipinski definition) is 5. The van der Waals surface area contributed by atoms with Gasteiger partial charge in [0, 0.05) is 30.7 Å². The van der Waals surface area contributed by atoms with E-state index < -0.39 is 0 Å². The number of aryl methyl sites for hydroxylation is 1. The Morgan fingerprint density at radius 1 is 1.46 bits per heavy atom. The lowest BCUT2D eigenvalue weighted by molar-refractivity contribution is -0.00294. The average Bonchev–Trinajstić information content (AvgIpc) is 3.21. The van der Waals surface area contributed by atoms with E-state index in [9.17, 15) is 4.79 Å². The zero-order valence-corrected chi connectivity index (χ0v) is 15.0. The van der Waals surface area contributed by atoms with Gasteiger partial charge in [0.05, 0.1) is 18.9 Å². The van der Waals surface area contributed by atoms with Crippen molar-refractivity contribution in [3.63, 3.8) is 0 Å². The first kappa shape index (κ1) is 17.1. The minimum Gasteiger partial charge on any atom is -0.376 e. The molecule has 0 aliphatic heterocycles. The fourth-order valence-corrected chi connectivity index (χ4v) is 3.81. The number of aromatic nitrogens is 3. The van der Waals surface area contributed by atoms with Gasteiger partial charge in [-0.2, -0.15) is 5.10 Å². The average molecular weight is 348 g/mol. The van der Waals surface area contributed by atoms with Gasteiger partial charge in [-0.05, 0) is 18.8 Å². The molecule has 2 atom stereocenters. The van der Waals surface area contributed by atoms with Crippen LogP contribution in [0, 0.1) is 5.92 Å². The summed E-state index contributed by atoms with van der Waals surface area (Å²) in [6.45, 7) is 3.32. The lowest BCUT2D eigenvalue weighted by Gasteiger charge is -2.28. The van der Waals surface area contributed by atoms with Crippen LogP contribution in [-0.2, 0) is 11.8 Å². The normalized spacial score (nSPS) is 20.9. The van der Waals surface area contributed by atoms with Gasteiger partial charge < -0.3 is 10.1 Å². The van der Waals surface area contributed by atoms with Crippen molar-refractivity contribution < 1.29 is 9.53 Å². The van der Waals surface area contributed by atoms with Gasteiger partial charge in [0.2, 0.25) is 0 Å². The molecule has 0 saturated heterocycles. The minimum absolute atomic E-state index is 0.151. The lowest BCUT2D eigenvalue weighted by Crippen LogP contribution is -2.31. The van der Waals surface area contributed by atoms with Crippen molar-refractivity contribution in [1.29, 1.82) is 0 Å². The van der Waals surface area contributed by atoms with Crippen LogP contribution in [0.3, 0.4) is 0 Å². The molecule has 1 aliphatic carbocycles. The molecule has 2 aromatic heterocycles. The van der Waals surface area contributed by atoms with Crippen LogP contribution in [-0.4, -0.2) is 39.9 Å². The zero-order chi connectivity index (χ0) is 16.9. The van der Waals surface area contributed by atoms with Gasteiger partial charge >= 0.3 is 0 Å². The van der Waals surface area contributed by atoms with E-state index in [1.807, 2.05) is 13.2 Å². The predicted octanol–water partition coefficient (Wildman–Crippen LogP) is 2.87. The summed E-state index contributed by atoms with van der Waals surface area (Å²) in [6.07, 6.45) is 8.91. The Morgan fingerprint density at radius 2 is 2.29 bits per heavy atom. The number of nitrogens with zero attached hydrogens (tertiary/aromatic N) is 3. The van der Waals surface area contributed by atoms with E-state index in [1.165, 1.54) is 30.6 Å². The molecule has 7 heteroatoms. The second-order valence-corrected chi connectivity index (χ2v) is 7.23. The van der Waals surface area contributed by atoms with Crippen LogP contribution >= 0.6 is 11.3 Å². The summed E-state index contributed by atoms with van der Waals surface area (Å²) >= 11 is 1.45. The summed E-state index contributed by atoms with van der Waals surface area (Å²) in [5, 5.41) is 9.59. The summed E-state index contributed by atoms with van der Waals surface area (Å²) in [7, 11) is 1.86. The highest BCUT2D eigenvalue weighted by Crippen LogP contribution is 2.26. The predicted molar refractivity (Wildman–Crippen MR) is 94.0 cm³/mol. The SMILES string of the molecule is C[C@@H]1CCCC[C@H]1OCCNC(=O)c1csc(-c2cnn(C)c2)n1. The molecule has 0 spiro atoms. The third kappa shape index (κ3) is 4.21. The topological polar surface area (TPSA) is 69.0 Å². The van der Waals surface area contributed by atoms with Crippen molar-refractivity contribution in [3.8, 4) is 10.6 Å². The fraction of sp³-hybridized carbons (Fsp3) is 0.588. The Hall–Kier alpha value is -1.73. The molecule has 130 valence electrons. The van der Waals surface area contributed by atoms with E-state index in [0.717, 1.165) is 17.0 Å². The first-order valence-corrected chi connectivity index (χ1v) is 9.36. The van der Waals surface area contributed by atoms with E-state index in [0.29, 0.717) is 30.9 Å². The van der Waals surface area contributed by atoms with Gasteiger partial charge in [0.1, 0.15) is 10.7 Å². The van der Waals surface area contributed by atoms with Gasteiger partial charge in [-0.15, -0.1) is 11.3 Å². The van der Waals surface area contributed by atoms with Gasteiger partial charge in [0.15, 0.2) is 0 Å². The highest BCUT2D eigenvalue weighted by Gasteiger charge is 2.21. The Bertz CT molecular complexity index is 682. The number of nitrogens with one attached hydrogen (secondary N) is 1. The summed E-state index contributed by atoms with van der Waals surface area (Å²) in [6, 6.07) is 0. The van der Waals surface area contributed by atoms with Gasteiger partial charge in [0.25, 0.3) is 5.91 Å². The van der Waals surface area contributed by atoms with E-state index in [-0.39, 0.29) is 5.91 Å². The number of amides is 1. The first-order chi connectivity index (χ1) is 11.6. The quantitative estimate of drug-likeness (QED) is 0.815. The molecule has 3 rings (SSSR count). The number of hydrogen-bond donors (Lipinski definition) is 1. The zero-order valence-electron chi connectivity index (χ0n) is 14.2. The van der Waals surface area contributed by atoms with Gasteiger partial charge in [-0.1, -0.05) is 19.8 Å². The van der Waals surface area contributed by atoms with Gasteiger partial charge in [-0.3, -0.25) is 9.48 Å². The second-order valence-electron chi connectivity index (χ2n) is 6.37. The first-order valence-electron chi connectivity index (χ1n) is 8.48. The number of carbonyl (C=O) groups is 1. The Balaban J connectivity index is 1.44. The molecule has 6 nitrogen and oxygen atoms in total. The van der Waals surface area contributed by atoms with Crippen molar-refractivity contribution in [2.45, 2.75) is 38.7 Å². The molecular formula is C17H24N4O2S. The van der Waals surface area contributed by atoms with Crippen LogP contribution in [0.15, 0.2) is 17.8 Å². The number of ether oxygens (including phenoxy) is 1. The summed E-state index contributed by atoms with van der Waals surface area (Å²) < 4.78 is 7.64. The standard InChI is InChI=1S/C17H24N4O2S/c1-12-5-3-4-6-15(12)23-8-7-18-16(22)14-11-24-17(20-14)13-9-19-21(2)10-13/h9-12,15H,3-8H2,1-2H3,(H,18,22)/t12-,15-/m1/s1. The Morgan fingerprint density at radius 3 is 3.04 bits per heavy atom. The van der Waals surface area contributed by atoms with Gasteiger partial charge in [-0.25, -0.2) is 4.98 Å². The maximum Gasteiger partial charge on any atom is 0.270 e. The molecule has 0 bridgehead atoms. The molecule has 2 aromatic rings. The molecule has 1 N–H and O–H groups in total. The van der Waals surface area contributed by atoms with Crippen molar-refractivity contribution in [3.05, 3.63) is 23.5 Å².